The van der Waals surface area contributed by atoms with Crippen molar-refractivity contribution in [2.24, 2.45) is 0 Å². The molecule has 0 amide bonds. The summed E-state index contributed by atoms with van der Waals surface area (Å²) in [4.78, 5) is 2.50. The summed E-state index contributed by atoms with van der Waals surface area (Å²) in [5, 5.41) is 11.1. The average molecular weight is 407 g/mol. The van der Waals surface area contributed by atoms with Gasteiger partial charge in [0, 0.05) is 43.3 Å². The molecule has 6 heteroatoms. The smallest absolute Gasteiger partial charge is 0.118 e. The molecule has 2 heterocycles. The van der Waals surface area contributed by atoms with Crippen molar-refractivity contribution < 1.29 is 9.47 Å². The lowest BCUT2D eigenvalue weighted by Gasteiger charge is -2.35. The van der Waals surface area contributed by atoms with Crippen molar-refractivity contribution in [2.75, 3.05) is 40.0 Å². The van der Waals surface area contributed by atoms with E-state index in [1.807, 2.05) is 18.3 Å². The first-order chi connectivity index (χ1) is 14.7. The predicted octanol–water partition coefficient (Wildman–Crippen LogP) is 3.56. The molecule has 6 nitrogen and oxygen atoms in total. The number of aromatic amines is 1. The van der Waals surface area contributed by atoms with E-state index in [1.165, 1.54) is 22.3 Å². The van der Waals surface area contributed by atoms with Gasteiger partial charge in [-0.25, -0.2) is 0 Å². The Labute approximate surface area is 178 Å². The molecule has 0 radical (unpaired) electrons. The number of rotatable bonds is 8. The maximum absolute atomic E-state index is 5.57. The third-order valence-electron chi connectivity index (χ3n) is 5.66. The molecule has 158 valence electrons. The molecule has 1 aromatic heterocycles. The molecule has 0 saturated carbocycles. The van der Waals surface area contributed by atoms with Gasteiger partial charge in [0.1, 0.15) is 5.75 Å². The fourth-order valence-electron chi connectivity index (χ4n) is 4.01. The number of nitrogens with zero attached hydrogens (tertiary/aromatic N) is 2. The highest BCUT2D eigenvalue weighted by molar-refractivity contribution is 5.63. The van der Waals surface area contributed by atoms with Gasteiger partial charge in [-0.15, -0.1) is 0 Å². The van der Waals surface area contributed by atoms with Gasteiger partial charge in [-0.2, -0.15) is 5.10 Å². The summed E-state index contributed by atoms with van der Waals surface area (Å²) < 4.78 is 10.9. The minimum Gasteiger partial charge on any atom is -0.497 e. The second-order valence-corrected chi connectivity index (χ2v) is 7.71. The fraction of sp³-hybridized carbons (Fsp3) is 0.375. The highest BCUT2D eigenvalue weighted by Gasteiger charge is 2.22. The van der Waals surface area contributed by atoms with Crippen LogP contribution in [0.4, 0.5) is 0 Å². The van der Waals surface area contributed by atoms with E-state index >= 15 is 0 Å². The zero-order valence-corrected chi connectivity index (χ0v) is 17.7. The van der Waals surface area contributed by atoms with Crippen LogP contribution >= 0.6 is 0 Å². The van der Waals surface area contributed by atoms with Crippen LogP contribution in [0.5, 0.6) is 5.75 Å². The molecular formula is C24H30N4O2. The Morgan fingerprint density at radius 3 is 2.70 bits per heavy atom. The zero-order valence-electron chi connectivity index (χ0n) is 17.7. The van der Waals surface area contributed by atoms with Gasteiger partial charge in [0.15, 0.2) is 0 Å². The van der Waals surface area contributed by atoms with Crippen molar-refractivity contribution in [1.29, 1.82) is 0 Å². The van der Waals surface area contributed by atoms with Crippen LogP contribution in [0, 0.1) is 6.92 Å². The number of morpholine rings is 1. The van der Waals surface area contributed by atoms with Gasteiger partial charge in [-0.05, 0) is 30.7 Å². The van der Waals surface area contributed by atoms with Crippen molar-refractivity contribution >= 4 is 0 Å². The molecule has 30 heavy (non-hydrogen) atoms. The van der Waals surface area contributed by atoms with E-state index in [9.17, 15) is 0 Å². The first-order valence-electron chi connectivity index (χ1n) is 10.5. The second-order valence-electron chi connectivity index (χ2n) is 7.71. The van der Waals surface area contributed by atoms with Gasteiger partial charge in [0.05, 0.1) is 32.2 Å². The summed E-state index contributed by atoms with van der Waals surface area (Å²) in [7, 11) is 1.70. The van der Waals surface area contributed by atoms with E-state index in [0.29, 0.717) is 0 Å². The Morgan fingerprint density at radius 1 is 1.17 bits per heavy atom. The number of benzene rings is 2. The fourth-order valence-corrected chi connectivity index (χ4v) is 4.01. The maximum atomic E-state index is 5.57. The molecule has 1 aliphatic rings. The highest BCUT2D eigenvalue weighted by Crippen LogP contribution is 2.25. The number of ether oxygens (including phenoxy) is 2. The van der Waals surface area contributed by atoms with Gasteiger partial charge >= 0.3 is 0 Å². The van der Waals surface area contributed by atoms with Gasteiger partial charge in [0.25, 0.3) is 0 Å². The summed E-state index contributed by atoms with van der Waals surface area (Å²) >= 11 is 0. The van der Waals surface area contributed by atoms with Gasteiger partial charge in [0.2, 0.25) is 0 Å². The molecule has 1 fully saturated rings. The monoisotopic (exact) mass is 406 g/mol. The number of aromatic nitrogens is 2. The van der Waals surface area contributed by atoms with Crippen LogP contribution in [0.15, 0.2) is 54.7 Å². The summed E-state index contributed by atoms with van der Waals surface area (Å²) in [5.41, 5.74) is 5.96. The van der Waals surface area contributed by atoms with Crippen LogP contribution in [0.25, 0.3) is 11.3 Å². The van der Waals surface area contributed by atoms with Crippen LogP contribution in [-0.2, 0) is 11.3 Å². The Hall–Kier alpha value is -2.67. The Balaban J connectivity index is 1.46. The maximum Gasteiger partial charge on any atom is 0.118 e. The molecule has 0 spiro atoms. The SMILES string of the molecule is COc1ccc(C(CNCc2cn[nH]c2-c2cccc(C)c2)N2CCOCC2)cc1. The quantitative estimate of drug-likeness (QED) is 0.599. The lowest BCUT2D eigenvalue weighted by atomic mass is 10.0. The topological polar surface area (TPSA) is 62.4 Å². The van der Waals surface area contributed by atoms with Crippen molar-refractivity contribution in [3.63, 3.8) is 0 Å². The first kappa shape index (κ1) is 20.6. The van der Waals surface area contributed by atoms with Crippen molar-refractivity contribution in [1.82, 2.24) is 20.4 Å². The normalized spacial score (nSPS) is 15.8. The van der Waals surface area contributed by atoms with E-state index in [0.717, 1.165) is 50.8 Å². The van der Waals surface area contributed by atoms with E-state index in [2.05, 4.69) is 63.7 Å². The van der Waals surface area contributed by atoms with Crippen LogP contribution in [0.1, 0.15) is 22.7 Å². The standard InChI is InChI=1S/C24H30N4O2/c1-18-4-3-5-20(14-18)24-21(16-26-27-24)15-25-17-23(28-10-12-30-13-11-28)19-6-8-22(29-2)9-7-19/h3-9,14,16,23,25H,10-13,15,17H2,1-2H3,(H,26,27). The number of nitrogens with one attached hydrogen (secondary N) is 2. The predicted molar refractivity (Wildman–Crippen MR) is 119 cm³/mol. The molecule has 1 saturated heterocycles. The molecule has 0 bridgehead atoms. The van der Waals surface area contributed by atoms with Crippen LogP contribution < -0.4 is 10.1 Å². The molecule has 2 aromatic carbocycles. The van der Waals surface area contributed by atoms with Gasteiger partial charge in [-0.3, -0.25) is 10.00 Å². The number of methoxy groups -OCH3 is 1. The van der Waals surface area contributed by atoms with Crippen LogP contribution in [0.2, 0.25) is 0 Å². The molecule has 3 aromatic rings. The summed E-state index contributed by atoms with van der Waals surface area (Å²) in [6.45, 7) is 7.18. The molecule has 1 aliphatic heterocycles. The van der Waals surface area contributed by atoms with Crippen molar-refractivity contribution in [3.8, 4) is 17.0 Å². The van der Waals surface area contributed by atoms with Crippen LogP contribution in [-0.4, -0.2) is 55.1 Å². The molecule has 0 aliphatic carbocycles. The minimum absolute atomic E-state index is 0.286. The third-order valence-corrected chi connectivity index (χ3v) is 5.66. The first-order valence-corrected chi connectivity index (χ1v) is 10.5. The minimum atomic E-state index is 0.286. The largest absolute Gasteiger partial charge is 0.497 e. The lowest BCUT2D eigenvalue weighted by molar-refractivity contribution is 0.0161. The number of hydrogen-bond donors (Lipinski definition) is 2. The lowest BCUT2D eigenvalue weighted by Crippen LogP contribution is -2.42. The van der Waals surface area contributed by atoms with E-state index in [1.54, 1.807) is 7.11 Å². The Bertz CT molecular complexity index is 932. The molecular weight excluding hydrogens is 376 g/mol. The summed E-state index contributed by atoms with van der Waals surface area (Å²) in [6, 6.07) is 17.2. The van der Waals surface area contributed by atoms with Gasteiger partial charge in [-0.1, -0.05) is 35.9 Å². The van der Waals surface area contributed by atoms with Crippen molar-refractivity contribution in [2.45, 2.75) is 19.5 Å². The third kappa shape index (κ3) is 4.90. The highest BCUT2D eigenvalue weighted by atomic mass is 16.5. The Kier molecular flexibility index (Phi) is 6.79. The molecule has 4 rings (SSSR count). The summed E-state index contributed by atoms with van der Waals surface area (Å²) in [5.74, 6) is 0.883. The van der Waals surface area contributed by atoms with E-state index in [4.69, 9.17) is 9.47 Å². The summed E-state index contributed by atoms with van der Waals surface area (Å²) in [6.07, 6.45) is 1.92. The van der Waals surface area contributed by atoms with E-state index < -0.39 is 0 Å². The van der Waals surface area contributed by atoms with E-state index in [-0.39, 0.29) is 6.04 Å². The Morgan fingerprint density at radius 2 is 1.97 bits per heavy atom. The number of hydrogen-bond acceptors (Lipinski definition) is 5. The van der Waals surface area contributed by atoms with Crippen LogP contribution in [0.3, 0.4) is 0 Å². The zero-order chi connectivity index (χ0) is 20.8. The van der Waals surface area contributed by atoms with Crippen molar-refractivity contribution in [3.05, 3.63) is 71.4 Å². The molecule has 1 unspecified atom stereocenters. The molecule has 1 atom stereocenters. The molecule has 2 N–H and O–H groups in total. The average Bonchev–Trinajstić information content (AvgIpc) is 3.26. The number of H-pyrrole nitrogens is 1. The number of aryl methyl sites for hydroxylation is 1. The van der Waals surface area contributed by atoms with Gasteiger partial charge < -0.3 is 14.8 Å². The second kappa shape index (κ2) is 9.89.